The van der Waals surface area contributed by atoms with Crippen LogP contribution in [0.15, 0.2) is 22.9 Å². The second-order valence-corrected chi connectivity index (χ2v) is 3.32. The Bertz CT molecular complexity index is 238. The van der Waals surface area contributed by atoms with Crippen molar-refractivity contribution in [2.75, 3.05) is 20.3 Å². The van der Waals surface area contributed by atoms with E-state index in [9.17, 15) is 0 Å². The van der Waals surface area contributed by atoms with E-state index in [2.05, 4.69) is 20.9 Å². The molecule has 0 aliphatic rings. The van der Waals surface area contributed by atoms with Crippen LogP contribution < -0.4 is 4.74 Å². The molecule has 0 unspecified atom stereocenters. The third-order valence-electron chi connectivity index (χ3n) is 1.46. The first-order valence-electron chi connectivity index (χ1n) is 4.06. The van der Waals surface area contributed by atoms with Crippen molar-refractivity contribution in [2.24, 2.45) is 0 Å². The Morgan fingerprint density at radius 2 is 2.23 bits per heavy atom. The van der Waals surface area contributed by atoms with E-state index in [4.69, 9.17) is 9.47 Å². The van der Waals surface area contributed by atoms with E-state index in [0.717, 1.165) is 23.4 Å². The summed E-state index contributed by atoms with van der Waals surface area (Å²) in [4.78, 5) is 4.04. The Labute approximate surface area is 86.2 Å². The molecule has 13 heavy (non-hydrogen) atoms. The van der Waals surface area contributed by atoms with Gasteiger partial charge in [-0.25, -0.2) is 4.98 Å². The SMILES string of the molecule is COCCCOc1ccc(Br)nc1. The topological polar surface area (TPSA) is 31.4 Å². The van der Waals surface area contributed by atoms with Crippen molar-refractivity contribution in [3.63, 3.8) is 0 Å². The molecule has 1 heterocycles. The summed E-state index contributed by atoms with van der Waals surface area (Å²) < 4.78 is 11.1. The van der Waals surface area contributed by atoms with E-state index in [1.807, 2.05) is 12.1 Å². The molecule has 0 saturated carbocycles. The number of aromatic nitrogens is 1. The average Bonchev–Trinajstić information content (AvgIpc) is 2.15. The third kappa shape index (κ3) is 4.24. The van der Waals surface area contributed by atoms with E-state index in [1.165, 1.54) is 0 Å². The molecule has 0 aliphatic heterocycles. The highest BCUT2D eigenvalue weighted by Gasteiger charge is 1.93. The third-order valence-corrected chi connectivity index (χ3v) is 1.93. The van der Waals surface area contributed by atoms with Gasteiger partial charge >= 0.3 is 0 Å². The molecule has 0 N–H and O–H groups in total. The van der Waals surface area contributed by atoms with Crippen LogP contribution in [0.2, 0.25) is 0 Å². The summed E-state index contributed by atoms with van der Waals surface area (Å²) in [5.74, 6) is 0.791. The van der Waals surface area contributed by atoms with Crippen LogP contribution in [0.4, 0.5) is 0 Å². The normalized spacial score (nSPS) is 10.0. The van der Waals surface area contributed by atoms with Gasteiger partial charge in [-0.05, 0) is 28.1 Å². The summed E-state index contributed by atoms with van der Waals surface area (Å²) in [5, 5.41) is 0. The van der Waals surface area contributed by atoms with E-state index >= 15 is 0 Å². The van der Waals surface area contributed by atoms with E-state index in [0.29, 0.717) is 6.61 Å². The standard InChI is InChI=1S/C9H12BrNO2/c1-12-5-2-6-13-8-3-4-9(10)11-7-8/h3-4,7H,2,5-6H2,1H3. The molecule has 1 aromatic rings. The average molecular weight is 246 g/mol. The fraction of sp³-hybridized carbons (Fsp3) is 0.444. The van der Waals surface area contributed by atoms with Crippen LogP contribution in [-0.2, 0) is 4.74 Å². The predicted molar refractivity (Wildman–Crippen MR) is 53.9 cm³/mol. The molecular weight excluding hydrogens is 234 g/mol. The number of nitrogens with zero attached hydrogens (tertiary/aromatic N) is 1. The van der Waals surface area contributed by atoms with Crippen LogP contribution in [-0.4, -0.2) is 25.3 Å². The van der Waals surface area contributed by atoms with Gasteiger partial charge in [-0.1, -0.05) is 0 Å². The van der Waals surface area contributed by atoms with Crippen LogP contribution in [0.3, 0.4) is 0 Å². The van der Waals surface area contributed by atoms with Gasteiger partial charge in [-0.3, -0.25) is 0 Å². The van der Waals surface area contributed by atoms with Crippen LogP contribution in [0, 0.1) is 0 Å². The van der Waals surface area contributed by atoms with Gasteiger partial charge < -0.3 is 9.47 Å². The minimum atomic E-state index is 0.664. The van der Waals surface area contributed by atoms with Gasteiger partial charge in [-0.15, -0.1) is 0 Å². The number of rotatable bonds is 5. The summed E-state index contributed by atoms with van der Waals surface area (Å²) in [5.41, 5.74) is 0. The first-order chi connectivity index (χ1) is 6.33. The van der Waals surface area contributed by atoms with Crippen molar-refractivity contribution in [1.29, 1.82) is 0 Å². The van der Waals surface area contributed by atoms with Crippen molar-refractivity contribution in [2.45, 2.75) is 6.42 Å². The first-order valence-corrected chi connectivity index (χ1v) is 4.85. The first kappa shape index (κ1) is 10.5. The molecule has 0 aliphatic carbocycles. The predicted octanol–water partition coefficient (Wildman–Crippen LogP) is 2.26. The molecule has 3 nitrogen and oxygen atoms in total. The smallest absolute Gasteiger partial charge is 0.137 e. The highest BCUT2D eigenvalue weighted by atomic mass is 79.9. The molecule has 0 atom stereocenters. The Morgan fingerprint density at radius 3 is 2.85 bits per heavy atom. The number of ether oxygens (including phenoxy) is 2. The second-order valence-electron chi connectivity index (χ2n) is 2.51. The summed E-state index contributed by atoms with van der Waals surface area (Å²) in [6.07, 6.45) is 2.59. The Hall–Kier alpha value is -0.610. The molecule has 72 valence electrons. The van der Waals surface area contributed by atoms with Crippen molar-refractivity contribution < 1.29 is 9.47 Å². The highest BCUT2D eigenvalue weighted by Crippen LogP contribution is 2.12. The van der Waals surface area contributed by atoms with E-state index < -0.39 is 0 Å². The molecule has 4 heteroatoms. The molecule has 0 aromatic carbocycles. The van der Waals surface area contributed by atoms with Crippen molar-refractivity contribution >= 4 is 15.9 Å². The summed E-state index contributed by atoms with van der Waals surface area (Å²) in [7, 11) is 1.68. The molecule has 0 amide bonds. The monoisotopic (exact) mass is 245 g/mol. The molecule has 1 rings (SSSR count). The Morgan fingerprint density at radius 1 is 1.38 bits per heavy atom. The van der Waals surface area contributed by atoms with Gasteiger partial charge in [0, 0.05) is 20.1 Å². The number of halogens is 1. The molecule has 0 fully saturated rings. The molecule has 0 bridgehead atoms. The lowest BCUT2D eigenvalue weighted by Crippen LogP contribution is -2.01. The number of methoxy groups -OCH3 is 1. The van der Waals surface area contributed by atoms with Gasteiger partial charge in [0.1, 0.15) is 10.4 Å². The number of pyridine rings is 1. The van der Waals surface area contributed by atoms with Crippen LogP contribution in [0.25, 0.3) is 0 Å². The van der Waals surface area contributed by atoms with Crippen molar-refractivity contribution in [3.05, 3.63) is 22.9 Å². The molecular formula is C9H12BrNO2. The lowest BCUT2D eigenvalue weighted by molar-refractivity contribution is 0.172. The van der Waals surface area contributed by atoms with E-state index in [-0.39, 0.29) is 0 Å². The fourth-order valence-corrected chi connectivity index (χ4v) is 1.08. The van der Waals surface area contributed by atoms with Gasteiger partial charge in [0.25, 0.3) is 0 Å². The summed E-state index contributed by atoms with van der Waals surface area (Å²) >= 11 is 3.25. The summed E-state index contributed by atoms with van der Waals surface area (Å²) in [6.45, 7) is 1.39. The van der Waals surface area contributed by atoms with Crippen LogP contribution >= 0.6 is 15.9 Å². The van der Waals surface area contributed by atoms with Gasteiger partial charge in [-0.2, -0.15) is 0 Å². The molecule has 0 spiro atoms. The van der Waals surface area contributed by atoms with Crippen LogP contribution in [0.1, 0.15) is 6.42 Å². The summed E-state index contributed by atoms with van der Waals surface area (Å²) in [6, 6.07) is 3.73. The lowest BCUT2D eigenvalue weighted by Gasteiger charge is -2.04. The lowest BCUT2D eigenvalue weighted by atomic mass is 10.4. The highest BCUT2D eigenvalue weighted by molar-refractivity contribution is 9.10. The van der Waals surface area contributed by atoms with Gasteiger partial charge in [0.15, 0.2) is 0 Å². The Balaban J connectivity index is 2.25. The zero-order valence-electron chi connectivity index (χ0n) is 7.50. The zero-order chi connectivity index (χ0) is 9.52. The largest absolute Gasteiger partial charge is 0.492 e. The van der Waals surface area contributed by atoms with Gasteiger partial charge in [0.2, 0.25) is 0 Å². The van der Waals surface area contributed by atoms with Crippen molar-refractivity contribution in [1.82, 2.24) is 4.98 Å². The van der Waals surface area contributed by atoms with Crippen molar-refractivity contribution in [3.8, 4) is 5.75 Å². The van der Waals surface area contributed by atoms with E-state index in [1.54, 1.807) is 13.3 Å². The molecule has 1 aromatic heterocycles. The number of hydrogen-bond acceptors (Lipinski definition) is 3. The second kappa shape index (κ2) is 5.94. The minimum absolute atomic E-state index is 0.664. The Kier molecular flexibility index (Phi) is 4.78. The molecule has 0 saturated heterocycles. The quantitative estimate of drug-likeness (QED) is 0.589. The zero-order valence-corrected chi connectivity index (χ0v) is 9.08. The minimum Gasteiger partial charge on any atom is -0.492 e. The van der Waals surface area contributed by atoms with Crippen LogP contribution in [0.5, 0.6) is 5.75 Å². The maximum atomic E-state index is 5.40. The van der Waals surface area contributed by atoms with Gasteiger partial charge in [0.05, 0.1) is 12.8 Å². The maximum absolute atomic E-state index is 5.40. The fourth-order valence-electron chi connectivity index (χ4n) is 0.841. The number of hydrogen-bond donors (Lipinski definition) is 0. The maximum Gasteiger partial charge on any atom is 0.137 e. The molecule has 0 radical (unpaired) electrons.